The lowest BCUT2D eigenvalue weighted by atomic mass is 9.56. The van der Waals surface area contributed by atoms with E-state index in [4.69, 9.17) is 9.47 Å². The Hall–Kier alpha value is -0.410. The fourth-order valence-corrected chi connectivity index (χ4v) is 3.58. The standard InChI is InChI=1S/C17H30O3/c1-13-6-8-17(12-14(13)18,16(2,3)4)9-7-15-19-10-5-11-20-15/h13,15H,5-12H2,1-4H3. The zero-order valence-electron chi connectivity index (χ0n) is 13.5. The van der Waals surface area contributed by atoms with Crippen molar-refractivity contribution in [3.05, 3.63) is 0 Å². The molecule has 0 N–H and O–H groups in total. The van der Waals surface area contributed by atoms with Gasteiger partial charge in [-0.15, -0.1) is 0 Å². The molecule has 1 aliphatic carbocycles. The van der Waals surface area contributed by atoms with Crippen molar-refractivity contribution in [2.24, 2.45) is 16.7 Å². The summed E-state index contributed by atoms with van der Waals surface area (Å²) in [5.74, 6) is 0.685. The van der Waals surface area contributed by atoms with Crippen LogP contribution in [0.2, 0.25) is 0 Å². The maximum Gasteiger partial charge on any atom is 0.157 e. The van der Waals surface area contributed by atoms with Crippen LogP contribution in [0.1, 0.15) is 66.2 Å². The number of hydrogen-bond donors (Lipinski definition) is 0. The fourth-order valence-electron chi connectivity index (χ4n) is 3.58. The predicted octanol–water partition coefficient (Wildman–Crippen LogP) is 3.95. The number of ether oxygens (including phenoxy) is 2. The Bertz CT molecular complexity index is 339. The van der Waals surface area contributed by atoms with E-state index in [1.54, 1.807) is 0 Å². The molecule has 0 spiro atoms. The summed E-state index contributed by atoms with van der Waals surface area (Å²) in [5, 5.41) is 0. The summed E-state index contributed by atoms with van der Waals surface area (Å²) in [6.07, 6.45) is 5.79. The number of rotatable bonds is 3. The SMILES string of the molecule is CC1CCC(CCC2OCCCO2)(C(C)(C)C)CC1=O. The van der Waals surface area contributed by atoms with Crippen LogP contribution < -0.4 is 0 Å². The van der Waals surface area contributed by atoms with Crippen molar-refractivity contribution in [1.29, 1.82) is 0 Å². The van der Waals surface area contributed by atoms with Gasteiger partial charge in [0, 0.05) is 12.3 Å². The molecule has 2 unspecified atom stereocenters. The van der Waals surface area contributed by atoms with Gasteiger partial charge in [0.1, 0.15) is 5.78 Å². The molecule has 0 amide bonds. The molecule has 3 heteroatoms. The fraction of sp³-hybridized carbons (Fsp3) is 0.941. The van der Waals surface area contributed by atoms with Gasteiger partial charge in [-0.3, -0.25) is 4.79 Å². The highest BCUT2D eigenvalue weighted by molar-refractivity contribution is 5.82. The third kappa shape index (κ3) is 3.43. The lowest BCUT2D eigenvalue weighted by molar-refractivity contribution is -0.187. The van der Waals surface area contributed by atoms with Gasteiger partial charge in [-0.1, -0.05) is 27.7 Å². The van der Waals surface area contributed by atoms with Crippen LogP contribution in [-0.4, -0.2) is 25.3 Å². The second kappa shape index (κ2) is 6.15. The third-order valence-electron chi connectivity index (χ3n) is 5.46. The minimum Gasteiger partial charge on any atom is -0.353 e. The number of carbonyl (C=O) groups excluding carboxylic acids is 1. The van der Waals surface area contributed by atoms with Gasteiger partial charge < -0.3 is 9.47 Å². The first-order chi connectivity index (χ1) is 9.34. The van der Waals surface area contributed by atoms with E-state index in [0.717, 1.165) is 51.7 Å². The lowest BCUT2D eigenvalue weighted by Gasteiger charge is -2.49. The Kier molecular flexibility index (Phi) is 4.91. The summed E-state index contributed by atoms with van der Waals surface area (Å²) >= 11 is 0. The number of hydrogen-bond acceptors (Lipinski definition) is 3. The van der Waals surface area contributed by atoms with Gasteiger partial charge in [-0.2, -0.15) is 0 Å². The lowest BCUT2D eigenvalue weighted by Crippen LogP contribution is -2.43. The number of carbonyl (C=O) groups is 1. The normalized spacial score (nSPS) is 33.4. The molecule has 20 heavy (non-hydrogen) atoms. The molecule has 1 heterocycles. The van der Waals surface area contributed by atoms with Crippen molar-refractivity contribution in [3.63, 3.8) is 0 Å². The summed E-state index contributed by atoms with van der Waals surface area (Å²) in [7, 11) is 0. The molecule has 2 atom stereocenters. The van der Waals surface area contributed by atoms with E-state index in [9.17, 15) is 4.79 Å². The molecule has 2 rings (SSSR count). The summed E-state index contributed by atoms with van der Waals surface area (Å²) in [5.41, 5.74) is 0.262. The Morgan fingerprint density at radius 3 is 2.45 bits per heavy atom. The van der Waals surface area contributed by atoms with E-state index >= 15 is 0 Å². The van der Waals surface area contributed by atoms with E-state index in [1.807, 2.05) is 0 Å². The Morgan fingerprint density at radius 2 is 1.90 bits per heavy atom. The first-order valence-electron chi connectivity index (χ1n) is 8.10. The molecule has 1 saturated carbocycles. The van der Waals surface area contributed by atoms with Crippen LogP contribution in [0, 0.1) is 16.7 Å². The van der Waals surface area contributed by atoms with Crippen LogP contribution in [0.4, 0.5) is 0 Å². The second-order valence-electron chi connectivity index (χ2n) is 7.68. The predicted molar refractivity (Wildman–Crippen MR) is 79.5 cm³/mol. The Balaban J connectivity index is 2.02. The zero-order chi connectivity index (χ0) is 14.8. The topological polar surface area (TPSA) is 35.5 Å². The first kappa shape index (κ1) is 16.0. The van der Waals surface area contributed by atoms with Gasteiger partial charge >= 0.3 is 0 Å². The largest absolute Gasteiger partial charge is 0.353 e. The number of ketones is 1. The highest BCUT2D eigenvalue weighted by Gasteiger charge is 2.46. The molecule has 3 nitrogen and oxygen atoms in total. The molecule has 116 valence electrons. The minimum atomic E-state index is -0.0579. The summed E-state index contributed by atoms with van der Waals surface area (Å²) < 4.78 is 11.3. The molecular weight excluding hydrogens is 252 g/mol. The van der Waals surface area contributed by atoms with E-state index < -0.39 is 0 Å². The number of Topliss-reactive ketones (excluding diaryl/α,β-unsaturated/α-hetero) is 1. The Morgan fingerprint density at radius 1 is 1.25 bits per heavy atom. The van der Waals surface area contributed by atoms with Gasteiger partial charge in [-0.25, -0.2) is 0 Å². The van der Waals surface area contributed by atoms with Crippen LogP contribution in [0.3, 0.4) is 0 Å². The molecule has 0 aromatic rings. The van der Waals surface area contributed by atoms with E-state index in [2.05, 4.69) is 27.7 Å². The van der Waals surface area contributed by atoms with E-state index in [1.165, 1.54) is 0 Å². The maximum atomic E-state index is 12.2. The summed E-state index contributed by atoms with van der Waals surface area (Å²) in [6.45, 7) is 10.5. The molecule has 2 aliphatic rings. The van der Waals surface area contributed by atoms with Crippen molar-refractivity contribution in [3.8, 4) is 0 Å². The van der Waals surface area contributed by atoms with Crippen molar-refractivity contribution in [1.82, 2.24) is 0 Å². The van der Waals surface area contributed by atoms with Gasteiger partial charge in [0.05, 0.1) is 13.2 Å². The first-order valence-corrected chi connectivity index (χ1v) is 8.10. The van der Waals surface area contributed by atoms with E-state index in [-0.39, 0.29) is 23.0 Å². The summed E-state index contributed by atoms with van der Waals surface area (Å²) in [6, 6.07) is 0. The van der Waals surface area contributed by atoms with Gasteiger partial charge in [0.25, 0.3) is 0 Å². The monoisotopic (exact) mass is 282 g/mol. The quantitative estimate of drug-likeness (QED) is 0.786. The Labute approximate surface area is 123 Å². The molecule has 0 aromatic carbocycles. The molecule has 0 bridgehead atoms. The third-order valence-corrected chi connectivity index (χ3v) is 5.46. The average molecular weight is 282 g/mol. The molecular formula is C17H30O3. The van der Waals surface area contributed by atoms with Gasteiger partial charge in [0.15, 0.2) is 6.29 Å². The molecule has 1 saturated heterocycles. The van der Waals surface area contributed by atoms with Crippen molar-refractivity contribution in [2.75, 3.05) is 13.2 Å². The van der Waals surface area contributed by atoms with Crippen LogP contribution in [0.15, 0.2) is 0 Å². The summed E-state index contributed by atoms with van der Waals surface area (Å²) in [4.78, 5) is 12.2. The van der Waals surface area contributed by atoms with Crippen LogP contribution >= 0.6 is 0 Å². The van der Waals surface area contributed by atoms with Gasteiger partial charge in [0.2, 0.25) is 0 Å². The molecule has 0 radical (unpaired) electrons. The van der Waals surface area contributed by atoms with Crippen molar-refractivity contribution < 1.29 is 14.3 Å². The maximum absolute atomic E-state index is 12.2. The zero-order valence-corrected chi connectivity index (χ0v) is 13.5. The van der Waals surface area contributed by atoms with Gasteiger partial charge in [-0.05, 0) is 42.9 Å². The molecule has 2 fully saturated rings. The van der Waals surface area contributed by atoms with Crippen LogP contribution in [0.5, 0.6) is 0 Å². The molecule has 1 aliphatic heterocycles. The van der Waals surface area contributed by atoms with Crippen LogP contribution in [0.25, 0.3) is 0 Å². The smallest absolute Gasteiger partial charge is 0.157 e. The average Bonchev–Trinajstić information content (AvgIpc) is 2.40. The highest BCUT2D eigenvalue weighted by atomic mass is 16.7. The highest BCUT2D eigenvalue weighted by Crippen LogP contribution is 2.52. The molecule has 0 aromatic heterocycles. The van der Waals surface area contributed by atoms with Crippen molar-refractivity contribution >= 4 is 5.78 Å². The van der Waals surface area contributed by atoms with Crippen molar-refractivity contribution in [2.45, 2.75) is 72.5 Å². The second-order valence-corrected chi connectivity index (χ2v) is 7.68. The van der Waals surface area contributed by atoms with E-state index in [0.29, 0.717) is 5.78 Å². The minimum absolute atomic E-state index is 0.0579. The van der Waals surface area contributed by atoms with Crippen LogP contribution in [-0.2, 0) is 14.3 Å².